The van der Waals surface area contributed by atoms with Crippen molar-refractivity contribution in [2.24, 2.45) is 4.99 Å². The van der Waals surface area contributed by atoms with Crippen LogP contribution in [0.1, 0.15) is 0 Å². The Morgan fingerprint density at radius 3 is 2.04 bits per heavy atom. The molecule has 26 heavy (non-hydrogen) atoms. The van der Waals surface area contributed by atoms with Gasteiger partial charge in [-0.05, 0) is 35.4 Å². The van der Waals surface area contributed by atoms with Gasteiger partial charge in [0, 0.05) is 12.1 Å². The number of hydrogen-bond acceptors (Lipinski definition) is 7. The number of nitro benzene ring substituents is 1. The van der Waals surface area contributed by atoms with Crippen molar-refractivity contribution in [1.29, 1.82) is 0 Å². The Balaban J connectivity index is 1.78. The lowest BCUT2D eigenvalue weighted by Crippen LogP contribution is -2.43. The maximum absolute atomic E-state index is 11.9. The van der Waals surface area contributed by atoms with Crippen LogP contribution in [0, 0.1) is 10.1 Å². The molecule has 1 aliphatic heterocycles. The second-order valence-corrected chi connectivity index (χ2v) is 7.01. The van der Waals surface area contributed by atoms with Gasteiger partial charge >= 0.3 is 0 Å². The summed E-state index contributed by atoms with van der Waals surface area (Å²) in [5, 5.41) is 32.2. The number of aliphatic hydroxyl groups excluding tert-OH is 2. The van der Waals surface area contributed by atoms with Crippen molar-refractivity contribution in [3.8, 4) is 11.1 Å². The Morgan fingerprint density at radius 1 is 1.04 bits per heavy atom. The zero-order chi connectivity index (χ0) is 18.7. The van der Waals surface area contributed by atoms with E-state index < -0.39 is 28.8 Å². The maximum Gasteiger partial charge on any atom is 0.269 e. The number of benzene rings is 2. The number of hydrogen-bond donors (Lipinski definition) is 3. The Labute approximate surface area is 152 Å². The fourth-order valence-electron chi connectivity index (χ4n) is 2.40. The van der Waals surface area contributed by atoms with Crippen LogP contribution in [0.15, 0.2) is 53.5 Å². The summed E-state index contributed by atoms with van der Waals surface area (Å²) in [6.07, 6.45) is 0. The SMILES string of the molecule is O=C1NC(=Nc2ccc(-c3ccc([N+](=O)[O-])cc3)cc2)SC1(CO)CO. The van der Waals surface area contributed by atoms with Crippen molar-refractivity contribution in [3.63, 3.8) is 0 Å². The topological polar surface area (TPSA) is 125 Å². The molecular weight excluding hydrogens is 358 g/mol. The molecule has 1 heterocycles. The van der Waals surface area contributed by atoms with Crippen molar-refractivity contribution >= 4 is 34.2 Å². The normalized spacial score (nSPS) is 17.3. The summed E-state index contributed by atoms with van der Waals surface area (Å²) in [7, 11) is 0. The van der Waals surface area contributed by atoms with Crippen LogP contribution in [0.25, 0.3) is 11.1 Å². The molecule has 8 nitrogen and oxygen atoms in total. The predicted molar refractivity (Wildman–Crippen MR) is 98.3 cm³/mol. The molecule has 0 aliphatic carbocycles. The summed E-state index contributed by atoms with van der Waals surface area (Å²) in [6.45, 7) is -0.976. The molecule has 1 amide bonds. The van der Waals surface area contributed by atoms with Crippen molar-refractivity contribution in [1.82, 2.24) is 5.32 Å². The van der Waals surface area contributed by atoms with E-state index in [4.69, 9.17) is 0 Å². The Hall–Kier alpha value is -2.75. The standard InChI is InChI=1S/C17H15N3O5S/c21-9-17(10-22)15(23)19-16(26-17)18-13-5-1-11(2-6-13)12-3-7-14(8-4-12)20(24)25/h1-8,21-22H,9-10H2,(H,18,19,23). The number of thioether (sulfide) groups is 1. The van der Waals surface area contributed by atoms with Crippen LogP contribution in [-0.4, -0.2) is 44.2 Å². The Morgan fingerprint density at radius 2 is 1.58 bits per heavy atom. The number of amides is 1. The van der Waals surface area contributed by atoms with Gasteiger partial charge in [0.05, 0.1) is 23.8 Å². The van der Waals surface area contributed by atoms with Crippen molar-refractivity contribution in [3.05, 3.63) is 58.6 Å². The van der Waals surface area contributed by atoms with Crippen LogP contribution in [-0.2, 0) is 4.79 Å². The van der Waals surface area contributed by atoms with E-state index in [-0.39, 0.29) is 5.69 Å². The Kier molecular flexibility index (Phi) is 5.03. The lowest BCUT2D eigenvalue weighted by Gasteiger charge is -2.17. The molecule has 9 heteroatoms. The van der Waals surface area contributed by atoms with E-state index >= 15 is 0 Å². The highest BCUT2D eigenvalue weighted by molar-refractivity contribution is 8.16. The van der Waals surface area contributed by atoms with Gasteiger partial charge in [-0.25, -0.2) is 4.99 Å². The summed E-state index contributed by atoms with van der Waals surface area (Å²) in [6, 6.07) is 13.3. The second kappa shape index (κ2) is 7.24. The molecule has 2 aromatic carbocycles. The number of nitrogens with zero attached hydrogens (tertiary/aromatic N) is 2. The van der Waals surface area contributed by atoms with Crippen molar-refractivity contribution in [2.75, 3.05) is 13.2 Å². The first-order valence-electron chi connectivity index (χ1n) is 7.63. The van der Waals surface area contributed by atoms with Gasteiger partial charge in [0.15, 0.2) is 5.17 Å². The van der Waals surface area contributed by atoms with E-state index in [2.05, 4.69) is 10.3 Å². The molecule has 2 aromatic rings. The van der Waals surface area contributed by atoms with Gasteiger partial charge in [0.2, 0.25) is 5.91 Å². The molecule has 134 valence electrons. The average molecular weight is 373 g/mol. The summed E-state index contributed by atoms with van der Waals surface area (Å²) in [5.74, 6) is -0.478. The average Bonchev–Trinajstić information content (AvgIpc) is 2.98. The van der Waals surface area contributed by atoms with Gasteiger partial charge in [-0.15, -0.1) is 0 Å². The quantitative estimate of drug-likeness (QED) is 0.542. The third kappa shape index (κ3) is 3.45. The first-order valence-corrected chi connectivity index (χ1v) is 8.45. The lowest BCUT2D eigenvalue weighted by atomic mass is 10.1. The molecule has 1 fully saturated rings. The first-order chi connectivity index (χ1) is 12.5. The van der Waals surface area contributed by atoms with Gasteiger partial charge in [-0.2, -0.15) is 0 Å². The number of aliphatic imine (C=N–C) groups is 1. The number of carbonyl (C=O) groups is 1. The summed E-state index contributed by atoms with van der Waals surface area (Å²) in [5.41, 5.74) is 2.32. The van der Waals surface area contributed by atoms with Gasteiger partial charge < -0.3 is 15.5 Å². The van der Waals surface area contributed by atoms with Crippen LogP contribution in [0.4, 0.5) is 11.4 Å². The monoisotopic (exact) mass is 373 g/mol. The molecule has 0 spiro atoms. The highest BCUT2D eigenvalue weighted by Gasteiger charge is 2.46. The summed E-state index contributed by atoms with van der Waals surface area (Å²) < 4.78 is -1.31. The first kappa shape index (κ1) is 18.1. The van der Waals surface area contributed by atoms with E-state index in [0.29, 0.717) is 10.9 Å². The molecule has 0 bridgehead atoms. The number of aliphatic hydroxyl groups is 2. The van der Waals surface area contributed by atoms with E-state index in [1.54, 1.807) is 24.3 Å². The third-order valence-corrected chi connectivity index (χ3v) is 5.17. The molecule has 0 aromatic heterocycles. The smallest absolute Gasteiger partial charge is 0.269 e. The minimum Gasteiger partial charge on any atom is -0.394 e. The number of rotatable bonds is 5. The van der Waals surface area contributed by atoms with E-state index in [1.807, 2.05) is 12.1 Å². The molecule has 0 atom stereocenters. The van der Waals surface area contributed by atoms with Gasteiger partial charge in [0.1, 0.15) is 4.75 Å². The van der Waals surface area contributed by atoms with Crippen LogP contribution in [0.3, 0.4) is 0 Å². The van der Waals surface area contributed by atoms with E-state index in [1.165, 1.54) is 12.1 Å². The predicted octanol–water partition coefficient (Wildman–Crippen LogP) is 1.84. The van der Waals surface area contributed by atoms with Crippen molar-refractivity contribution < 1.29 is 19.9 Å². The highest BCUT2D eigenvalue weighted by Crippen LogP contribution is 2.33. The van der Waals surface area contributed by atoms with E-state index in [9.17, 15) is 25.1 Å². The van der Waals surface area contributed by atoms with Crippen molar-refractivity contribution in [2.45, 2.75) is 4.75 Å². The lowest BCUT2D eigenvalue weighted by molar-refractivity contribution is -0.384. The van der Waals surface area contributed by atoms with E-state index in [0.717, 1.165) is 22.9 Å². The summed E-state index contributed by atoms with van der Waals surface area (Å²) in [4.78, 5) is 26.4. The largest absolute Gasteiger partial charge is 0.394 e. The van der Waals surface area contributed by atoms with Crippen LogP contribution in [0.5, 0.6) is 0 Å². The van der Waals surface area contributed by atoms with Gasteiger partial charge in [-0.3, -0.25) is 14.9 Å². The zero-order valence-electron chi connectivity index (χ0n) is 13.5. The van der Waals surface area contributed by atoms with Gasteiger partial charge in [0.25, 0.3) is 5.69 Å². The highest BCUT2D eigenvalue weighted by atomic mass is 32.2. The molecule has 3 N–H and O–H groups in total. The molecule has 3 rings (SSSR count). The number of carbonyl (C=O) groups excluding carboxylic acids is 1. The van der Waals surface area contributed by atoms with Crippen LogP contribution in [0.2, 0.25) is 0 Å². The number of amidine groups is 1. The third-order valence-electron chi connectivity index (χ3n) is 3.95. The van der Waals surface area contributed by atoms with Crippen LogP contribution < -0.4 is 5.32 Å². The minimum atomic E-state index is -1.31. The minimum absolute atomic E-state index is 0.0296. The molecule has 0 radical (unpaired) electrons. The number of nitrogens with one attached hydrogen (secondary N) is 1. The van der Waals surface area contributed by atoms with Gasteiger partial charge in [-0.1, -0.05) is 23.9 Å². The van der Waals surface area contributed by atoms with Crippen LogP contribution >= 0.6 is 11.8 Å². The fraction of sp³-hybridized carbons (Fsp3) is 0.176. The number of non-ortho nitro benzene ring substituents is 1. The molecule has 1 aliphatic rings. The summed E-state index contributed by atoms with van der Waals surface area (Å²) >= 11 is 0.991. The fourth-order valence-corrected chi connectivity index (χ4v) is 3.34. The molecule has 0 unspecified atom stereocenters. The molecular formula is C17H15N3O5S. The molecule has 1 saturated heterocycles. The maximum atomic E-state index is 11.9. The zero-order valence-corrected chi connectivity index (χ0v) is 14.3. The Bertz CT molecular complexity index is 861. The second-order valence-electron chi connectivity index (χ2n) is 5.63. The molecule has 0 saturated carbocycles. The number of nitro groups is 1.